The van der Waals surface area contributed by atoms with Crippen molar-refractivity contribution >= 4 is 28.3 Å². The second-order valence-corrected chi connectivity index (χ2v) is 4.94. The van der Waals surface area contributed by atoms with Crippen molar-refractivity contribution in [2.75, 3.05) is 36.8 Å². The molecule has 0 spiro atoms. The third kappa shape index (κ3) is 3.76. The highest BCUT2D eigenvalue weighted by atomic mass is 16.4. The first-order valence-electron chi connectivity index (χ1n) is 6.96. The van der Waals surface area contributed by atoms with Crippen LogP contribution in [-0.4, -0.2) is 37.3 Å². The fourth-order valence-electron chi connectivity index (χ4n) is 2.30. The molecule has 1 aliphatic heterocycles. The zero-order valence-corrected chi connectivity index (χ0v) is 12.3. The topological polar surface area (TPSA) is 109 Å². The third-order valence-corrected chi connectivity index (χ3v) is 3.22. The molecular formula is C15H19N3O4. The molecule has 22 heavy (non-hydrogen) atoms. The molecular weight excluding hydrogens is 286 g/mol. The summed E-state index contributed by atoms with van der Waals surface area (Å²) >= 11 is 0. The van der Waals surface area contributed by atoms with E-state index in [1.807, 2.05) is 18.2 Å². The van der Waals surface area contributed by atoms with Crippen LogP contribution in [0.5, 0.6) is 0 Å². The smallest absolute Gasteiger partial charge is 0.359 e. The Kier molecular flexibility index (Phi) is 5.00. The van der Waals surface area contributed by atoms with Crippen molar-refractivity contribution in [2.45, 2.75) is 6.92 Å². The van der Waals surface area contributed by atoms with E-state index in [1.54, 1.807) is 6.07 Å². The number of fused-ring (bicyclic) bond motifs is 1. The van der Waals surface area contributed by atoms with Crippen molar-refractivity contribution in [2.24, 2.45) is 0 Å². The average molecular weight is 305 g/mol. The molecule has 3 rings (SSSR count). The molecule has 118 valence electrons. The molecule has 0 atom stereocenters. The van der Waals surface area contributed by atoms with Crippen LogP contribution in [0.15, 0.2) is 33.5 Å². The number of piperazine rings is 1. The Morgan fingerprint density at radius 3 is 2.64 bits per heavy atom. The van der Waals surface area contributed by atoms with E-state index in [0.717, 1.165) is 44.2 Å². The van der Waals surface area contributed by atoms with Crippen molar-refractivity contribution in [1.29, 1.82) is 0 Å². The summed E-state index contributed by atoms with van der Waals surface area (Å²) in [5.74, 6) is -0.833. The molecule has 2 heterocycles. The van der Waals surface area contributed by atoms with E-state index < -0.39 is 11.6 Å². The number of carboxylic acids is 1. The highest BCUT2D eigenvalue weighted by Crippen LogP contribution is 2.26. The van der Waals surface area contributed by atoms with Gasteiger partial charge in [0.15, 0.2) is 5.58 Å². The fraction of sp³-hybridized carbons (Fsp3) is 0.333. The molecule has 2 aromatic rings. The predicted molar refractivity (Wildman–Crippen MR) is 85.3 cm³/mol. The number of aliphatic carboxylic acids is 1. The number of rotatable bonds is 1. The summed E-state index contributed by atoms with van der Waals surface area (Å²) in [5.41, 5.74) is 6.86. The van der Waals surface area contributed by atoms with Crippen molar-refractivity contribution in [1.82, 2.24) is 5.32 Å². The fourth-order valence-corrected chi connectivity index (χ4v) is 2.30. The lowest BCUT2D eigenvalue weighted by molar-refractivity contribution is -0.134. The van der Waals surface area contributed by atoms with Crippen molar-refractivity contribution < 1.29 is 14.3 Å². The maximum Gasteiger partial charge on any atom is 0.359 e. The van der Waals surface area contributed by atoms with Gasteiger partial charge in [0.1, 0.15) is 5.69 Å². The van der Waals surface area contributed by atoms with E-state index in [-0.39, 0.29) is 5.69 Å². The Balaban J connectivity index is 0.000000396. The lowest BCUT2D eigenvalue weighted by Crippen LogP contribution is -2.43. The lowest BCUT2D eigenvalue weighted by Gasteiger charge is -2.29. The molecule has 1 saturated heterocycles. The summed E-state index contributed by atoms with van der Waals surface area (Å²) in [6, 6.07) is 7.51. The average Bonchev–Trinajstić information content (AvgIpc) is 2.48. The molecule has 0 bridgehead atoms. The quantitative estimate of drug-likeness (QED) is 0.671. The summed E-state index contributed by atoms with van der Waals surface area (Å²) in [6.45, 7) is 4.78. The third-order valence-electron chi connectivity index (χ3n) is 3.22. The van der Waals surface area contributed by atoms with Crippen LogP contribution in [0.4, 0.5) is 11.4 Å². The molecule has 0 saturated carbocycles. The summed E-state index contributed by atoms with van der Waals surface area (Å²) in [5, 5.41) is 11.6. The maximum absolute atomic E-state index is 11.5. The second kappa shape index (κ2) is 6.95. The van der Waals surface area contributed by atoms with E-state index in [1.165, 1.54) is 0 Å². The van der Waals surface area contributed by atoms with Crippen molar-refractivity contribution in [3.05, 3.63) is 34.7 Å². The highest BCUT2D eigenvalue weighted by molar-refractivity contribution is 5.90. The molecule has 7 nitrogen and oxygen atoms in total. The van der Waals surface area contributed by atoms with Crippen LogP contribution in [-0.2, 0) is 4.79 Å². The second-order valence-electron chi connectivity index (χ2n) is 4.94. The summed E-state index contributed by atoms with van der Waals surface area (Å²) in [6.07, 6.45) is 0. The number of anilines is 2. The Labute approximate surface area is 127 Å². The summed E-state index contributed by atoms with van der Waals surface area (Å²) in [4.78, 5) is 22.8. The van der Waals surface area contributed by atoms with Gasteiger partial charge in [-0.15, -0.1) is 0 Å². The molecule has 1 aliphatic rings. The molecule has 1 aromatic heterocycles. The number of carboxylic acid groups (broad SMARTS) is 1. The Hall–Kier alpha value is -2.54. The number of para-hydroxylation sites is 1. The first-order valence-corrected chi connectivity index (χ1v) is 6.96. The minimum atomic E-state index is -0.833. The van der Waals surface area contributed by atoms with Gasteiger partial charge in [0.05, 0.1) is 5.69 Å². The van der Waals surface area contributed by atoms with Crippen molar-refractivity contribution in [3.8, 4) is 0 Å². The number of hydrogen-bond donors (Lipinski definition) is 3. The maximum atomic E-state index is 11.5. The van der Waals surface area contributed by atoms with E-state index in [9.17, 15) is 4.79 Å². The van der Waals surface area contributed by atoms with Gasteiger partial charge in [-0.3, -0.25) is 4.79 Å². The van der Waals surface area contributed by atoms with Crippen LogP contribution in [0.2, 0.25) is 0 Å². The monoisotopic (exact) mass is 305 g/mol. The van der Waals surface area contributed by atoms with Crippen LogP contribution in [0, 0.1) is 0 Å². The Morgan fingerprint density at radius 2 is 2.00 bits per heavy atom. The minimum absolute atomic E-state index is 0.153. The normalized spacial score (nSPS) is 14.3. The van der Waals surface area contributed by atoms with Gasteiger partial charge in [-0.1, -0.05) is 12.1 Å². The molecule has 4 N–H and O–H groups in total. The number of nitrogens with zero attached hydrogens (tertiary/aromatic N) is 1. The van der Waals surface area contributed by atoms with Gasteiger partial charge in [-0.25, -0.2) is 4.79 Å². The molecule has 0 unspecified atom stereocenters. The molecule has 0 amide bonds. The van der Waals surface area contributed by atoms with Crippen molar-refractivity contribution in [3.63, 3.8) is 0 Å². The molecule has 1 aromatic carbocycles. The van der Waals surface area contributed by atoms with Gasteiger partial charge in [0.25, 0.3) is 5.97 Å². The SMILES string of the molecule is CC(=O)O.Nc1cc2cccc(N3CCNCC3)c2oc1=O. The van der Waals surface area contributed by atoms with E-state index in [2.05, 4.69) is 10.2 Å². The first kappa shape index (κ1) is 15.8. The van der Waals surface area contributed by atoms with Gasteiger partial charge in [0, 0.05) is 38.5 Å². The summed E-state index contributed by atoms with van der Waals surface area (Å²) < 4.78 is 5.33. The minimum Gasteiger partial charge on any atom is -0.481 e. The van der Waals surface area contributed by atoms with Crippen LogP contribution in [0.25, 0.3) is 11.0 Å². The van der Waals surface area contributed by atoms with Gasteiger partial charge in [0.2, 0.25) is 0 Å². The zero-order chi connectivity index (χ0) is 16.1. The van der Waals surface area contributed by atoms with E-state index >= 15 is 0 Å². The number of benzene rings is 1. The summed E-state index contributed by atoms with van der Waals surface area (Å²) in [7, 11) is 0. The van der Waals surface area contributed by atoms with E-state index in [4.69, 9.17) is 20.1 Å². The Morgan fingerprint density at radius 1 is 1.36 bits per heavy atom. The lowest BCUT2D eigenvalue weighted by atomic mass is 10.1. The van der Waals surface area contributed by atoms with Gasteiger partial charge in [-0.2, -0.15) is 0 Å². The standard InChI is InChI=1S/C13H15N3O2.C2H4O2/c14-10-8-9-2-1-3-11(12(9)18-13(10)17)16-6-4-15-5-7-16;1-2(3)4/h1-3,8,15H,4-7,14H2;1H3,(H,3,4). The van der Waals surface area contributed by atoms with Crippen LogP contribution in [0.3, 0.4) is 0 Å². The number of hydrogen-bond acceptors (Lipinski definition) is 6. The van der Waals surface area contributed by atoms with Crippen LogP contribution >= 0.6 is 0 Å². The number of nitrogens with two attached hydrogens (primary N) is 1. The number of nitrogens with one attached hydrogen (secondary N) is 1. The van der Waals surface area contributed by atoms with Gasteiger partial charge in [-0.05, 0) is 12.1 Å². The number of nitrogen functional groups attached to an aromatic ring is 1. The Bertz CT molecular complexity index is 716. The molecule has 1 fully saturated rings. The van der Waals surface area contributed by atoms with E-state index in [0.29, 0.717) is 5.58 Å². The molecule has 0 aliphatic carbocycles. The zero-order valence-electron chi connectivity index (χ0n) is 12.3. The molecule has 0 radical (unpaired) electrons. The van der Waals surface area contributed by atoms with Gasteiger partial charge >= 0.3 is 5.63 Å². The highest BCUT2D eigenvalue weighted by Gasteiger charge is 2.15. The molecule has 7 heteroatoms. The largest absolute Gasteiger partial charge is 0.481 e. The van der Waals surface area contributed by atoms with Crippen LogP contribution in [0.1, 0.15) is 6.92 Å². The van der Waals surface area contributed by atoms with Gasteiger partial charge < -0.3 is 25.5 Å². The number of carbonyl (C=O) groups is 1. The van der Waals surface area contributed by atoms with Crippen LogP contribution < -0.4 is 21.6 Å². The first-order chi connectivity index (χ1) is 10.5. The predicted octanol–water partition coefficient (Wildman–Crippen LogP) is 0.876.